The lowest BCUT2D eigenvalue weighted by atomic mass is 9.86. The molecule has 2 heterocycles. The van der Waals surface area contributed by atoms with Gasteiger partial charge in [0.15, 0.2) is 0 Å². The molecule has 1 unspecified atom stereocenters. The van der Waals surface area contributed by atoms with Crippen LogP contribution < -0.4 is 5.73 Å². The minimum atomic E-state index is 0.0123. The van der Waals surface area contributed by atoms with Crippen LogP contribution in [0.1, 0.15) is 31.2 Å². The molecule has 1 aliphatic rings. The summed E-state index contributed by atoms with van der Waals surface area (Å²) in [5.74, 6) is 0. The zero-order chi connectivity index (χ0) is 10.6. The average molecular weight is 225 g/mol. The highest BCUT2D eigenvalue weighted by molar-refractivity contribution is 7.07. The molecule has 1 aliphatic heterocycles. The Morgan fingerprint density at radius 3 is 3.13 bits per heavy atom. The summed E-state index contributed by atoms with van der Waals surface area (Å²) < 4.78 is 5.45. The normalized spacial score (nSPS) is 27.5. The summed E-state index contributed by atoms with van der Waals surface area (Å²) in [5, 5.41) is 4.35. The van der Waals surface area contributed by atoms with Crippen molar-refractivity contribution >= 4 is 11.3 Å². The second-order valence-electron chi connectivity index (χ2n) is 4.46. The number of hydrogen-bond acceptors (Lipinski definition) is 3. The monoisotopic (exact) mass is 225 g/mol. The molecule has 0 saturated carbocycles. The smallest absolute Gasteiger partial charge is 0.0483 e. The minimum Gasteiger partial charge on any atom is -0.381 e. The highest BCUT2D eigenvalue weighted by Crippen LogP contribution is 2.24. The first-order valence-corrected chi connectivity index (χ1v) is 6.61. The Morgan fingerprint density at radius 2 is 2.33 bits per heavy atom. The van der Waals surface area contributed by atoms with Crippen LogP contribution in [-0.4, -0.2) is 18.8 Å². The third-order valence-corrected chi connectivity index (χ3v) is 3.93. The van der Waals surface area contributed by atoms with Crippen molar-refractivity contribution in [1.29, 1.82) is 0 Å². The van der Waals surface area contributed by atoms with Gasteiger partial charge in [-0.2, -0.15) is 11.3 Å². The van der Waals surface area contributed by atoms with Gasteiger partial charge in [-0.05, 0) is 54.5 Å². The third-order valence-electron chi connectivity index (χ3n) is 3.20. The lowest BCUT2D eigenvalue weighted by molar-refractivity contribution is 0.139. The SMILES string of the molecule is NC1(CCc2ccsc2)CCCOCC1. The van der Waals surface area contributed by atoms with E-state index in [4.69, 9.17) is 10.5 Å². The summed E-state index contributed by atoms with van der Waals surface area (Å²) >= 11 is 1.76. The second kappa shape index (κ2) is 5.10. The van der Waals surface area contributed by atoms with E-state index in [2.05, 4.69) is 16.8 Å². The van der Waals surface area contributed by atoms with E-state index in [-0.39, 0.29) is 5.54 Å². The Bertz CT molecular complexity index is 276. The maximum absolute atomic E-state index is 6.40. The van der Waals surface area contributed by atoms with Crippen molar-refractivity contribution in [3.8, 4) is 0 Å². The fourth-order valence-corrected chi connectivity index (χ4v) is 2.81. The second-order valence-corrected chi connectivity index (χ2v) is 5.24. The van der Waals surface area contributed by atoms with Gasteiger partial charge in [-0.1, -0.05) is 0 Å². The van der Waals surface area contributed by atoms with E-state index in [1.807, 2.05) is 0 Å². The molecular formula is C12H19NOS. The van der Waals surface area contributed by atoms with Crippen molar-refractivity contribution < 1.29 is 4.74 Å². The molecule has 0 aromatic carbocycles. The highest BCUT2D eigenvalue weighted by atomic mass is 32.1. The number of rotatable bonds is 3. The van der Waals surface area contributed by atoms with Crippen LogP contribution in [0.2, 0.25) is 0 Å². The van der Waals surface area contributed by atoms with Crippen LogP contribution in [0.4, 0.5) is 0 Å². The van der Waals surface area contributed by atoms with Crippen molar-refractivity contribution in [2.24, 2.45) is 5.73 Å². The van der Waals surface area contributed by atoms with E-state index in [0.717, 1.165) is 45.3 Å². The number of thiophene rings is 1. The largest absolute Gasteiger partial charge is 0.381 e. The molecule has 1 saturated heterocycles. The fraction of sp³-hybridized carbons (Fsp3) is 0.667. The molecule has 0 aliphatic carbocycles. The van der Waals surface area contributed by atoms with Crippen molar-refractivity contribution in [2.75, 3.05) is 13.2 Å². The Labute approximate surface area is 95.4 Å². The van der Waals surface area contributed by atoms with Gasteiger partial charge >= 0.3 is 0 Å². The van der Waals surface area contributed by atoms with Crippen molar-refractivity contribution in [3.63, 3.8) is 0 Å². The van der Waals surface area contributed by atoms with Gasteiger partial charge < -0.3 is 10.5 Å². The highest BCUT2D eigenvalue weighted by Gasteiger charge is 2.25. The van der Waals surface area contributed by atoms with Gasteiger partial charge in [0.2, 0.25) is 0 Å². The molecule has 2 N–H and O–H groups in total. The summed E-state index contributed by atoms with van der Waals surface area (Å²) in [7, 11) is 0. The summed E-state index contributed by atoms with van der Waals surface area (Å²) in [6, 6.07) is 2.20. The van der Waals surface area contributed by atoms with Crippen molar-refractivity contribution in [3.05, 3.63) is 22.4 Å². The summed E-state index contributed by atoms with van der Waals surface area (Å²) in [5.41, 5.74) is 7.84. The Kier molecular flexibility index (Phi) is 3.78. The molecule has 2 rings (SSSR count). The van der Waals surface area contributed by atoms with Crippen LogP contribution in [0.15, 0.2) is 16.8 Å². The standard InChI is InChI=1S/C12H19NOS/c13-12(4-1-7-14-8-6-12)5-2-11-3-9-15-10-11/h3,9-10H,1-2,4-8,13H2. The summed E-state index contributed by atoms with van der Waals surface area (Å²) in [6.07, 6.45) is 5.43. The zero-order valence-electron chi connectivity index (χ0n) is 9.08. The molecule has 1 aromatic rings. The van der Waals surface area contributed by atoms with Gasteiger partial charge in [-0.15, -0.1) is 0 Å². The van der Waals surface area contributed by atoms with E-state index in [1.165, 1.54) is 5.56 Å². The van der Waals surface area contributed by atoms with E-state index >= 15 is 0 Å². The lowest BCUT2D eigenvalue weighted by Gasteiger charge is -2.27. The predicted octanol–water partition coefficient (Wildman–Crippen LogP) is 2.58. The van der Waals surface area contributed by atoms with Crippen LogP contribution in [0.3, 0.4) is 0 Å². The van der Waals surface area contributed by atoms with Gasteiger partial charge in [0.1, 0.15) is 0 Å². The first-order valence-electron chi connectivity index (χ1n) is 5.66. The fourth-order valence-electron chi connectivity index (χ4n) is 2.11. The number of aryl methyl sites for hydroxylation is 1. The van der Waals surface area contributed by atoms with E-state index in [9.17, 15) is 0 Å². The van der Waals surface area contributed by atoms with Gasteiger partial charge in [0.25, 0.3) is 0 Å². The van der Waals surface area contributed by atoms with Crippen LogP contribution in [0.25, 0.3) is 0 Å². The summed E-state index contributed by atoms with van der Waals surface area (Å²) in [6.45, 7) is 1.72. The van der Waals surface area contributed by atoms with Crippen molar-refractivity contribution in [1.82, 2.24) is 0 Å². The molecule has 0 spiro atoms. The average Bonchev–Trinajstić information content (AvgIpc) is 2.65. The first kappa shape index (κ1) is 11.1. The maximum Gasteiger partial charge on any atom is 0.0483 e. The number of ether oxygens (including phenoxy) is 1. The molecule has 84 valence electrons. The van der Waals surface area contributed by atoms with Crippen LogP contribution in [0, 0.1) is 0 Å². The van der Waals surface area contributed by atoms with Gasteiger partial charge in [-0.3, -0.25) is 0 Å². The summed E-state index contributed by atoms with van der Waals surface area (Å²) in [4.78, 5) is 0. The topological polar surface area (TPSA) is 35.2 Å². The maximum atomic E-state index is 6.40. The number of hydrogen-bond donors (Lipinski definition) is 1. The molecule has 2 nitrogen and oxygen atoms in total. The van der Waals surface area contributed by atoms with Gasteiger partial charge in [0.05, 0.1) is 0 Å². The van der Waals surface area contributed by atoms with E-state index < -0.39 is 0 Å². The van der Waals surface area contributed by atoms with Crippen LogP contribution in [-0.2, 0) is 11.2 Å². The quantitative estimate of drug-likeness (QED) is 0.858. The zero-order valence-corrected chi connectivity index (χ0v) is 9.89. The van der Waals surface area contributed by atoms with Gasteiger partial charge in [-0.25, -0.2) is 0 Å². The van der Waals surface area contributed by atoms with Crippen LogP contribution >= 0.6 is 11.3 Å². The molecule has 0 radical (unpaired) electrons. The molecule has 1 aromatic heterocycles. The molecule has 0 amide bonds. The predicted molar refractivity (Wildman–Crippen MR) is 64.2 cm³/mol. The Morgan fingerprint density at radius 1 is 1.40 bits per heavy atom. The van der Waals surface area contributed by atoms with E-state index in [1.54, 1.807) is 11.3 Å². The van der Waals surface area contributed by atoms with E-state index in [0.29, 0.717) is 0 Å². The molecule has 15 heavy (non-hydrogen) atoms. The van der Waals surface area contributed by atoms with Gasteiger partial charge in [0, 0.05) is 18.8 Å². The Hall–Kier alpha value is -0.380. The van der Waals surface area contributed by atoms with Crippen LogP contribution in [0.5, 0.6) is 0 Å². The Balaban J connectivity index is 1.86. The number of nitrogens with two attached hydrogens (primary N) is 1. The first-order chi connectivity index (χ1) is 7.29. The lowest BCUT2D eigenvalue weighted by Crippen LogP contribution is -2.40. The third kappa shape index (κ3) is 3.30. The molecule has 0 bridgehead atoms. The molecule has 1 atom stereocenters. The molecule has 1 fully saturated rings. The van der Waals surface area contributed by atoms with Crippen molar-refractivity contribution in [2.45, 2.75) is 37.6 Å². The minimum absolute atomic E-state index is 0.0123. The molecule has 3 heteroatoms. The molecular weight excluding hydrogens is 206 g/mol.